The molecule has 0 unspecified atom stereocenters. The Bertz CT molecular complexity index is 1760. The van der Waals surface area contributed by atoms with Gasteiger partial charge in [-0.15, -0.1) is 0 Å². The Morgan fingerprint density at radius 3 is 1.95 bits per heavy atom. The fourth-order valence-corrected chi connectivity index (χ4v) is 5.12. The van der Waals surface area contributed by atoms with Gasteiger partial charge in [-0.1, -0.05) is 78.3 Å². The second-order valence-corrected chi connectivity index (χ2v) is 10.1. The molecule has 2 N–H and O–H groups in total. The third kappa shape index (κ3) is 5.66. The van der Waals surface area contributed by atoms with Crippen LogP contribution in [0.5, 0.6) is 0 Å². The van der Waals surface area contributed by atoms with E-state index in [1.54, 1.807) is 42.8 Å². The Hall–Kier alpha value is -4.82. The van der Waals surface area contributed by atoms with Crippen molar-refractivity contribution >= 4 is 35.4 Å². The third-order valence-electron chi connectivity index (χ3n) is 7.10. The molecule has 0 saturated carbocycles. The molecule has 1 aromatic heterocycles. The summed E-state index contributed by atoms with van der Waals surface area (Å²) in [7, 11) is 1.78. The Labute approximate surface area is 245 Å². The minimum atomic E-state index is -4.46. The Balaban J connectivity index is 1.52. The largest absolute Gasteiger partial charge is 0.416 e. The minimum Gasteiger partial charge on any atom is -0.328 e. The summed E-state index contributed by atoms with van der Waals surface area (Å²) >= 11 is 6.03. The van der Waals surface area contributed by atoms with Gasteiger partial charge in [-0.05, 0) is 59.5 Å². The standard InChI is InChI=1S/C33H25ClF3N3O2/c1-20-29(39-32(42)28-6-4-3-5-27(28)23-11-15-25(16-12-23)33(35,36)37)30(40(2)31(20)38-19-41)24-9-7-21(8-10-24)22-13-17-26(34)18-14-22/h3-19H,1-2H3,(H,38,41)(H,39,42). The van der Waals surface area contributed by atoms with E-state index in [1.165, 1.54) is 12.1 Å². The molecule has 0 aliphatic heterocycles. The molecule has 0 saturated heterocycles. The van der Waals surface area contributed by atoms with Crippen LogP contribution in [0, 0.1) is 6.92 Å². The number of nitrogens with zero attached hydrogens (tertiary/aromatic N) is 1. The lowest BCUT2D eigenvalue weighted by Gasteiger charge is -2.14. The number of halogens is 4. The van der Waals surface area contributed by atoms with Crippen molar-refractivity contribution in [2.24, 2.45) is 7.05 Å². The predicted octanol–water partition coefficient (Wildman–Crippen LogP) is 8.83. The van der Waals surface area contributed by atoms with Crippen molar-refractivity contribution < 1.29 is 22.8 Å². The van der Waals surface area contributed by atoms with E-state index >= 15 is 0 Å². The van der Waals surface area contributed by atoms with Crippen molar-refractivity contribution in [3.05, 3.63) is 119 Å². The molecule has 9 heteroatoms. The zero-order valence-electron chi connectivity index (χ0n) is 22.6. The number of hydrogen-bond donors (Lipinski definition) is 2. The number of anilines is 2. The number of aromatic nitrogens is 1. The first kappa shape index (κ1) is 28.7. The zero-order valence-corrected chi connectivity index (χ0v) is 23.3. The van der Waals surface area contributed by atoms with Crippen LogP contribution in [0.4, 0.5) is 24.7 Å². The van der Waals surface area contributed by atoms with Gasteiger partial charge in [-0.3, -0.25) is 9.59 Å². The average molecular weight is 588 g/mol. The van der Waals surface area contributed by atoms with Crippen LogP contribution in [0.15, 0.2) is 97.1 Å². The summed E-state index contributed by atoms with van der Waals surface area (Å²) in [6.45, 7) is 1.79. The quantitative estimate of drug-likeness (QED) is 0.187. The van der Waals surface area contributed by atoms with Gasteiger partial charge in [0, 0.05) is 28.8 Å². The highest BCUT2D eigenvalue weighted by Gasteiger charge is 2.30. The van der Waals surface area contributed by atoms with Gasteiger partial charge in [0.1, 0.15) is 5.82 Å². The van der Waals surface area contributed by atoms with E-state index in [-0.39, 0.29) is 5.56 Å². The average Bonchev–Trinajstić information content (AvgIpc) is 3.21. The summed E-state index contributed by atoms with van der Waals surface area (Å²) in [5.41, 5.74) is 5.04. The highest BCUT2D eigenvalue weighted by atomic mass is 35.5. The molecule has 212 valence electrons. The van der Waals surface area contributed by atoms with Gasteiger partial charge in [-0.25, -0.2) is 0 Å². The first-order valence-corrected chi connectivity index (χ1v) is 13.3. The van der Waals surface area contributed by atoms with Crippen LogP contribution in [-0.2, 0) is 18.0 Å². The normalized spacial score (nSPS) is 11.3. The van der Waals surface area contributed by atoms with E-state index in [9.17, 15) is 22.8 Å². The summed E-state index contributed by atoms with van der Waals surface area (Å²) in [5, 5.41) is 6.36. The fraction of sp³-hybridized carbons (Fsp3) is 0.0909. The monoisotopic (exact) mass is 587 g/mol. The first-order chi connectivity index (χ1) is 20.1. The summed E-state index contributed by atoms with van der Waals surface area (Å²) in [5.74, 6) is 0.0592. The Morgan fingerprint density at radius 1 is 0.810 bits per heavy atom. The van der Waals surface area contributed by atoms with Gasteiger partial charge >= 0.3 is 6.18 Å². The molecule has 0 bridgehead atoms. The minimum absolute atomic E-state index is 0.287. The maximum atomic E-state index is 13.7. The van der Waals surface area contributed by atoms with Crippen molar-refractivity contribution in [3.63, 3.8) is 0 Å². The molecule has 5 aromatic rings. The number of carbonyl (C=O) groups excluding carboxylic acids is 2. The summed E-state index contributed by atoms with van der Waals surface area (Å²) in [6, 6.07) is 26.7. The number of carbonyl (C=O) groups is 2. The van der Waals surface area contributed by atoms with E-state index in [4.69, 9.17) is 11.6 Å². The highest BCUT2D eigenvalue weighted by Crippen LogP contribution is 2.39. The van der Waals surface area contributed by atoms with Gasteiger partial charge < -0.3 is 15.2 Å². The molecule has 1 heterocycles. The molecule has 0 radical (unpaired) electrons. The summed E-state index contributed by atoms with van der Waals surface area (Å²) in [6.07, 6.45) is -3.89. The van der Waals surface area contributed by atoms with Gasteiger partial charge in [0.25, 0.3) is 5.91 Å². The second kappa shape index (κ2) is 11.6. The van der Waals surface area contributed by atoms with Crippen molar-refractivity contribution in [3.8, 4) is 33.5 Å². The molecule has 42 heavy (non-hydrogen) atoms. The zero-order chi connectivity index (χ0) is 30.0. The van der Waals surface area contributed by atoms with Crippen molar-refractivity contribution in [2.75, 3.05) is 10.6 Å². The van der Waals surface area contributed by atoms with Crippen LogP contribution in [0.25, 0.3) is 33.5 Å². The molecule has 5 rings (SSSR count). The van der Waals surface area contributed by atoms with Crippen LogP contribution in [0.1, 0.15) is 21.5 Å². The second-order valence-electron chi connectivity index (χ2n) is 9.68. The van der Waals surface area contributed by atoms with Gasteiger partial charge in [0.15, 0.2) is 0 Å². The fourth-order valence-electron chi connectivity index (χ4n) is 4.99. The molecule has 2 amide bonds. The summed E-state index contributed by atoms with van der Waals surface area (Å²) < 4.78 is 41.1. The predicted molar refractivity (Wildman–Crippen MR) is 161 cm³/mol. The molecule has 0 spiro atoms. The number of benzene rings is 4. The van der Waals surface area contributed by atoms with Crippen LogP contribution >= 0.6 is 11.6 Å². The van der Waals surface area contributed by atoms with Crippen molar-refractivity contribution in [1.29, 1.82) is 0 Å². The molecule has 0 fully saturated rings. The van der Waals surface area contributed by atoms with Gasteiger partial charge in [-0.2, -0.15) is 13.2 Å². The lowest BCUT2D eigenvalue weighted by molar-refractivity contribution is -0.137. The lowest BCUT2D eigenvalue weighted by Crippen LogP contribution is -2.14. The Morgan fingerprint density at radius 2 is 1.36 bits per heavy atom. The molecular formula is C33H25ClF3N3O2. The maximum absolute atomic E-state index is 13.7. The van der Waals surface area contributed by atoms with E-state index in [0.29, 0.717) is 45.3 Å². The smallest absolute Gasteiger partial charge is 0.328 e. The highest BCUT2D eigenvalue weighted by molar-refractivity contribution is 6.30. The molecule has 0 aliphatic rings. The first-order valence-electron chi connectivity index (χ1n) is 12.9. The molecule has 0 aliphatic carbocycles. The molecule has 5 nitrogen and oxygen atoms in total. The van der Waals surface area contributed by atoms with Crippen LogP contribution in [0.2, 0.25) is 5.02 Å². The van der Waals surface area contributed by atoms with Gasteiger partial charge in [0.05, 0.1) is 16.9 Å². The van der Waals surface area contributed by atoms with Crippen LogP contribution in [0.3, 0.4) is 0 Å². The number of amides is 2. The number of nitrogens with one attached hydrogen (secondary N) is 2. The van der Waals surface area contributed by atoms with Crippen LogP contribution in [-0.4, -0.2) is 16.9 Å². The topological polar surface area (TPSA) is 63.1 Å². The number of alkyl halides is 3. The van der Waals surface area contributed by atoms with E-state index in [1.807, 2.05) is 48.5 Å². The molecule has 4 aromatic carbocycles. The Kier molecular flexibility index (Phi) is 7.91. The van der Waals surface area contributed by atoms with Crippen LogP contribution < -0.4 is 10.6 Å². The number of rotatable bonds is 7. The maximum Gasteiger partial charge on any atom is 0.416 e. The van der Waals surface area contributed by atoms with Crippen molar-refractivity contribution in [1.82, 2.24) is 4.57 Å². The molecule has 0 atom stereocenters. The number of hydrogen-bond acceptors (Lipinski definition) is 2. The van der Waals surface area contributed by atoms with E-state index < -0.39 is 17.6 Å². The van der Waals surface area contributed by atoms with E-state index in [0.717, 1.165) is 28.8 Å². The molecular weight excluding hydrogens is 563 g/mol. The van der Waals surface area contributed by atoms with Gasteiger partial charge in [0.2, 0.25) is 6.41 Å². The van der Waals surface area contributed by atoms with Crippen molar-refractivity contribution in [2.45, 2.75) is 13.1 Å². The summed E-state index contributed by atoms with van der Waals surface area (Å²) in [4.78, 5) is 25.1. The van der Waals surface area contributed by atoms with E-state index in [2.05, 4.69) is 10.6 Å². The third-order valence-corrected chi connectivity index (χ3v) is 7.35. The lowest BCUT2D eigenvalue weighted by atomic mass is 9.97. The SMILES string of the molecule is Cc1c(NC(=O)c2ccccc2-c2ccc(C(F)(F)F)cc2)c(-c2ccc(-c3ccc(Cl)cc3)cc2)n(C)c1NC=O.